The van der Waals surface area contributed by atoms with Crippen LogP contribution in [0.4, 0.5) is 0 Å². The van der Waals surface area contributed by atoms with Crippen LogP contribution in [-0.2, 0) is 0 Å². The average molecular weight is 841 g/mol. The molecule has 0 saturated heterocycles. The van der Waals surface area contributed by atoms with E-state index in [4.69, 9.17) is 10.5 Å². The van der Waals surface area contributed by atoms with E-state index < -0.39 is 0 Å². The predicted octanol–water partition coefficient (Wildman–Crippen LogP) is 16.1. The second-order valence-electron chi connectivity index (χ2n) is 16.1. The molecule has 0 fully saturated rings. The molecule has 0 unspecified atom stereocenters. The molecule has 14 aromatic rings. The van der Waals surface area contributed by atoms with Crippen LogP contribution in [0.3, 0.4) is 0 Å². The monoisotopic (exact) mass is 840 g/mol. The zero-order chi connectivity index (χ0) is 48.8. The number of thiophene rings is 1. The Morgan fingerprint density at radius 1 is 0.391 bits per heavy atom. The standard InChI is InChI=1S/C59H36N4S/c1-8-26-48-38(17-1)39-18-2-9-27-49(39)61(48)37-35-47(60-57(36-37)63-52-30-12-5-21-42(52)43-22-6-13-31-53(43)63)59-45(44-25-16-34-56-58(44)46-23-7-14-33-55(46)64-56)24-15-32-54(59)62-50-28-10-3-19-40(50)41-20-4-11-29-51(41)62/h1-36H/i1D,5D,8D,12D,17D,21D,26D,30D. The molecule has 4 nitrogen and oxygen atoms in total. The van der Waals surface area contributed by atoms with Crippen LogP contribution in [0.2, 0.25) is 0 Å². The Kier molecular flexibility index (Phi) is 6.04. The fourth-order valence-corrected chi connectivity index (χ4v) is 11.3. The van der Waals surface area contributed by atoms with Crippen molar-refractivity contribution in [3.05, 3.63) is 218 Å². The first-order chi connectivity index (χ1) is 35.1. The van der Waals surface area contributed by atoms with Crippen LogP contribution < -0.4 is 0 Å². The van der Waals surface area contributed by atoms with E-state index in [0.29, 0.717) is 55.3 Å². The molecule has 0 aliphatic carbocycles. The lowest BCUT2D eigenvalue weighted by atomic mass is 9.92. The summed E-state index contributed by atoms with van der Waals surface area (Å²) in [6.07, 6.45) is 0. The smallest absolute Gasteiger partial charge is 0.140 e. The zero-order valence-electron chi connectivity index (χ0n) is 41.9. The van der Waals surface area contributed by atoms with E-state index in [9.17, 15) is 5.48 Å². The summed E-state index contributed by atoms with van der Waals surface area (Å²) >= 11 is 1.74. The minimum atomic E-state index is -0.374. The number of nitrogens with zero attached hydrogens (tertiary/aromatic N) is 4. The SMILES string of the molecule is [2H]c1c([2H])c([2H])c2c(c1[2H])c1ccccc1n2-c1cc(-c2c(-c3cccc4sc5ccccc5c34)cccc2-n2c3ccccc3c3ccccc32)nc(-n2c3ccccc3c3c([2H])c([2H])c([2H])c([2H])c32)c1. The van der Waals surface area contributed by atoms with Crippen molar-refractivity contribution >= 4 is 96.9 Å². The van der Waals surface area contributed by atoms with Crippen molar-refractivity contribution in [2.75, 3.05) is 0 Å². The van der Waals surface area contributed by atoms with Crippen LogP contribution in [0.1, 0.15) is 11.0 Å². The summed E-state index contributed by atoms with van der Waals surface area (Å²) in [5, 5.41) is 6.40. The highest BCUT2D eigenvalue weighted by molar-refractivity contribution is 7.25. The number of para-hydroxylation sites is 6. The van der Waals surface area contributed by atoms with Crippen molar-refractivity contribution in [1.82, 2.24) is 18.7 Å². The molecule has 5 heteroatoms. The van der Waals surface area contributed by atoms with Crippen LogP contribution in [0.5, 0.6) is 0 Å². The van der Waals surface area contributed by atoms with E-state index in [1.165, 1.54) is 0 Å². The van der Waals surface area contributed by atoms with Gasteiger partial charge in [0.25, 0.3) is 0 Å². The third kappa shape index (κ3) is 5.01. The molecule has 0 saturated carbocycles. The van der Waals surface area contributed by atoms with Crippen molar-refractivity contribution in [1.29, 1.82) is 0 Å². The summed E-state index contributed by atoms with van der Waals surface area (Å²) < 4.78 is 81.3. The Morgan fingerprint density at radius 3 is 1.56 bits per heavy atom. The van der Waals surface area contributed by atoms with Gasteiger partial charge in [0.15, 0.2) is 0 Å². The minimum absolute atomic E-state index is 0.149. The fourth-order valence-electron chi connectivity index (χ4n) is 10.1. The molecule has 14 rings (SSSR count). The van der Waals surface area contributed by atoms with Gasteiger partial charge in [-0.25, -0.2) is 4.98 Å². The first-order valence-corrected chi connectivity index (χ1v) is 22.0. The molecule has 298 valence electrons. The van der Waals surface area contributed by atoms with Gasteiger partial charge in [-0.3, -0.25) is 4.57 Å². The van der Waals surface area contributed by atoms with Gasteiger partial charge in [0.1, 0.15) is 5.82 Å². The van der Waals surface area contributed by atoms with Gasteiger partial charge in [-0.2, -0.15) is 0 Å². The van der Waals surface area contributed by atoms with Crippen LogP contribution in [0.15, 0.2) is 218 Å². The second kappa shape index (κ2) is 13.6. The van der Waals surface area contributed by atoms with Crippen LogP contribution >= 0.6 is 11.3 Å². The Bertz CT molecular complexity index is 4490. The molecular weight excluding hydrogens is 797 g/mol. The lowest BCUT2D eigenvalue weighted by molar-refractivity contribution is 1.06. The van der Waals surface area contributed by atoms with Crippen LogP contribution in [-0.4, -0.2) is 18.7 Å². The van der Waals surface area contributed by atoms with E-state index in [2.05, 4.69) is 102 Å². The van der Waals surface area contributed by atoms with Gasteiger partial charge in [0.2, 0.25) is 0 Å². The van der Waals surface area contributed by atoms with E-state index in [-0.39, 0.29) is 53.9 Å². The lowest BCUT2D eigenvalue weighted by Gasteiger charge is -2.21. The normalized spacial score (nSPS) is 13.8. The number of hydrogen-bond acceptors (Lipinski definition) is 2. The average Bonchev–Trinajstić information content (AvgIpc) is 4.17. The highest BCUT2D eigenvalue weighted by Crippen LogP contribution is 2.47. The van der Waals surface area contributed by atoms with Gasteiger partial charge in [-0.05, 0) is 71.7 Å². The zero-order valence-corrected chi connectivity index (χ0v) is 34.7. The molecule has 0 radical (unpaired) electrons. The second-order valence-corrected chi connectivity index (χ2v) is 17.2. The molecule has 5 heterocycles. The van der Waals surface area contributed by atoms with Crippen molar-refractivity contribution in [2.24, 2.45) is 0 Å². The summed E-state index contributed by atoms with van der Waals surface area (Å²) in [6, 6.07) is 54.7. The third-order valence-electron chi connectivity index (χ3n) is 12.7. The number of benzene rings is 9. The molecule has 64 heavy (non-hydrogen) atoms. The molecule has 5 aromatic heterocycles. The Balaban J connectivity index is 1.21. The molecule has 0 aliphatic heterocycles. The molecular formula is C59H36N4S. The van der Waals surface area contributed by atoms with E-state index in [0.717, 1.165) is 64.4 Å². The van der Waals surface area contributed by atoms with E-state index in [1.807, 2.05) is 81.9 Å². The summed E-state index contributed by atoms with van der Waals surface area (Å²) in [5.41, 5.74) is 8.35. The molecule has 0 aliphatic rings. The van der Waals surface area contributed by atoms with Crippen molar-refractivity contribution in [3.63, 3.8) is 0 Å². The maximum absolute atomic E-state index is 9.51. The maximum Gasteiger partial charge on any atom is 0.140 e. The lowest BCUT2D eigenvalue weighted by Crippen LogP contribution is -2.06. The molecule has 0 amide bonds. The molecule has 0 atom stereocenters. The summed E-state index contributed by atoms with van der Waals surface area (Å²) in [6.45, 7) is 0. The summed E-state index contributed by atoms with van der Waals surface area (Å²) in [4.78, 5) is 5.69. The first kappa shape index (κ1) is 28.4. The van der Waals surface area contributed by atoms with Gasteiger partial charge in [0, 0.05) is 64.1 Å². The van der Waals surface area contributed by atoms with E-state index in [1.54, 1.807) is 11.3 Å². The topological polar surface area (TPSA) is 27.7 Å². The maximum atomic E-state index is 9.51. The largest absolute Gasteiger partial charge is 0.309 e. The van der Waals surface area contributed by atoms with Crippen LogP contribution in [0.25, 0.3) is 125 Å². The van der Waals surface area contributed by atoms with Gasteiger partial charge < -0.3 is 9.13 Å². The van der Waals surface area contributed by atoms with Gasteiger partial charge in [-0.1, -0.05) is 152 Å². The van der Waals surface area contributed by atoms with Gasteiger partial charge in [0.05, 0.1) is 61.1 Å². The summed E-state index contributed by atoms with van der Waals surface area (Å²) in [7, 11) is 0. The molecule has 9 aromatic carbocycles. The number of aromatic nitrogens is 4. The third-order valence-corrected chi connectivity index (χ3v) is 13.8. The Labute approximate surface area is 383 Å². The fraction of sp³-hybridized carbons (Fsp3) is 0. The van der Waals surface area contributed by atoms with E-state index >= 15 is 0 Å². The van der Waals surface area contributed by atoms with Crippen molar-refractivity contribution in [2.45, 2.75) is 0 Å². The molecule has 0 N–H and O–H groups in total. The Hall–Kier alpha value is -8.25. The van der Waals surface area contributed by atoms with Crippen LogP contribution in [0, 0.1) is 0 Å². The Morgan fingerprint density at radius 2 is 0.891 bits per heavy atom. The minimum Gasteiger partial charge on any atom is -0.309 e. The van der Waals surface area contributed by atoms with Gasteiger partial charge >= 0.3 is 0 Å². The quantitative estimate of drug-likeness (QED) is 0.170. The number of pyridine rings is 1. The first-order valence-electron chi connectivity index (χ1n) is 25.1. The number of fused-ring (bicyclic) bond motifs is 12. The molecule has 0 bridgehead atoms. The highest BCUT2D eigenvalue weighted by atomic mass is 32.1. The summed E-state index contributed by atoms with van der Waals surface area (Å²) in [5.74, 6) is 0.340. The predicted molar refractivity (Wildman–Crippen MR) is 271 cm³/mol. The van der Waals surface area contributed by atoms with Gasteiger partial charge in [-0.15, -0.1) is 11.3 Å². The number of rotatable bonds is 5. The van der Waals surface area contributed by atoms with Crippen molar-refractivity contribution in [3.8, 4) is 39.6 Å². The van der Waals surface area contributed by atoms with Crippen molar-refractivity contribution < 1.29 is 11.0 Å². The number of hydrogen-bond donors (Lipinski definition) is 0. The molecule has 0 spiro atoms. The highest BCUT2D eigenvalue weighted by Gasteiger charge is 2.25.